The molecule has 0 bridgehead atoms. The van der Waals surface area contributed by atoms with Crippen molar-refractivity contribution in [1.82, 2.24) is 4.90 Å². The summed E-state index contributed by atoms with van der Waals surface area (Å²) in [4.78, 5) is 15.9. The molecule has 4 heteroatoms. The standard InChI is InChI=1S/C25H40N2OS/c1-3-4-5-6-7-8-9-10-11-12-13-14-15-16-17-25(28)27-19-18-22-20-24(26-2)29-23(22)21-27/h6-7,9-10,20,26H,3-5,8,11-19,21H2,1-2H3/b7-6-,10-9-. The third-order valence-electron chi connectivity index (χ3n) is 5.57. The molecular weight excluding hydrogens is 376 g/mol. The Morgan fingerprint density at radius 2 is 1.79 bits per heavy atom. The summed E-state index contributed by atoms with van der Waals surface area (Å²) in [6.45, 7) is 3.92. The summed E-state index contributed by atoms with van der Waals surface area (Å²) in [5.74, 6) is 0.338. The molecule has 0 unspecified atom stereocenters. The molecule has 1 amide bonds. The van der Waals surface area contributed by atoms with Crippen molar-refractivity contribution in [3.63, 3.8) is 0 Å². The molecule has 0 atom stereocenters. The van der Waals surface area contributed by atoms with Gasteiger partial charge in [-0.1, -0.05) is 63.3 Å². The van der Waals surface area contributed by atoms with E-state index in [-0.39, 0.29) is 0 Å². The molecule has 1 aliphatic heterocycles. The van der Waals surface area contributed by atoms with Gasteiger partial charge in [-0.3, -0.25) is 4.79 Å². The lowest BCUT2D eigenvalue weighted by molar-refractivity contribution is -0.132. The molecule has 0 saturated carbocycles. The zero-order chi connectivity index (χ0) is 20.7. The average molecular weight is 417 g/mol. The van der Waals surface area contributed by atoms with Gasteiger partial charge in [0, 0.05) is 24.9 Å². The predicted octanol–water partition coefficient (Wildman–Crippen LogP) is 7.10. The van der Waals surface area contributed by atoms with Crippen LogP contribution in [-0.4, -0.2) is 24.4 Å². The van der Waals surface area contributed by atoms with Gasteiger partial charge in [0.25, 0.3) is 0 Å². The normalized spacial score (nSPS) is 14.1. The fourth-order valence-corrected chi connectivity index (χ4v) is 4.79. The van der Waals surface area contributed by atoms with Crippen molar-refractivity contribution in [2.75, 3.05) is 18.9 Å². The molecule has 0 radical (unpaired) electrons. The summed E-state index contributed by atoms with van der Waals surface area (Å²) < 4.78 is 0. The van der Waals surface area contributed by atoms with E-state index in [1.807, 2.05) is 7.05 Å². The maximum atomic E-state index is 12.5. The molecule has 2 rings (SSSR count). The summed E-state index contributed by atoms with van der Waals surface area (Å²) in [6.07, 6.45) is 23.0. The number of carbonyl (C=O) groups excluding carboxylic acids is 1. The molecule has 0 aromatic carbocycles. The number of hydrogen-bond acceptors (Lipinski definition) is 3. The third kappa shape index (κ3) is 9.20. The molecule has 2 heterocycles. The van der Waals surface area contributed by atoms with Crippen LogP contribution in [0.4, 0.5) is 5.00 Å². The van der Waals surface area contributed by atoms with Crippen LogP contribution in [0.5, 0.6) is 0 Å². The van der Waals surface area contributed by atoms with Crippen molar-refractivity contribution in [3.8, 4) is 0 Å². The summed E-state index contributed by atoms with van der Waals surface area (Å²) >= 11 is 1.79. The summed E-state index contributed by atoms with van der Waals surface area (Å²) in [6, 6.07) is 2.24. The third-order valence-corrected chi connectivity index (χ3v) is 6.75. The minimum absolute atomic E-state index is 0.338. The molecule has 3 nitrogen and oxygen atoms in total. The maximum Gasteiger partial charge on any atom is 0.222 e. The van der Waals surface area contributed by atoms with Crippen LogP contribution in [0.1, 0.15) is 88.0 Å². The van der Waals surface area contributed by atoms with Gasteiger partial charge in [0.15, 0.2) is 0 Å². The highest BCUT2D eigenvalue weighted by Gasteiger charge is 2.22. The van der Waals surface area contributed by atoms with Crippen molar-refractivity contribution in [3.05, 3.63) is 40.8 Å². The van der Waals surface area contributed by atoms with Crippen molar-refractivity contribution in [2.45, 2.75) is 90.5 Å². The van der Waals surface area contributed by atoms with Gasteiger partial charge in [0.05, 0.1) is 11.5 Å². The zero-order valence-electron chi connectivity index (χ0n) is 18.5. The van der Waals surface area contributed by atoms with Gasteiger partial charge in [-0.2, -0.15) is 0 Å². The number of fused-ring (bicyclic) bond motifs is 1. The number of carbonyl (C=O) groups is 1. The molecule has 162 valence electrons. The Kier molecular flexibility index (Phi) is 11.8. The second-order valence-corrected chi connectivity index (χ2v) is 9.14. The van der Waals surface area contributed by atoms with Crippen molar-refractivity contribution in [1.29, 1.82) is 0 Å². The van der Waals surface area contributed by atoms with E-state index in [4.69, 9.17) is 0 Å². The largest absolute Gasteiger partial charge is 0.380 e. The van der Waals surface area contributed by atoms with Crippen LogP contribution in [0.2, 0.25) is 0 Å². The summed E-state index contributed by atoms with van der Waals surface area (Å²) in [5, 5.41) is 4.43. The molecule has 1 aromatic heterocycles. The van der Waals surface area contributed by atoms with E-state index in [0.29, 0.717) is 12.3 Å². The van der Waals surface area contributed by atoms with Crippen LogP contribution in [0.15, 0.2) is 30.4 Å². The van der Waals surface area contributed by atoms with Crippen LogP contribution in [-0.2, 0) is 17.8 Å². The summed E-state index contributed by atoms with van der Waals surface area (Å²) in [7, 11) is 1.96. The van der Waals surface area contributed by atoms with Crippen molar-refractivity contribution >= 4 is 22.2 Å². The van der Waals surface area contributed by atoms with E-state index in [2.05, 4.69) is 47.5 Å². The molecule has 1 aliphatic rings. The molecular formula is C25H40N2OS. The molecule has 1 N–H and O–H groups in total. The van der Waals surface area contributed by atoms with Gasteiger partial charge in [-0.25, -0.2) is 0 Å². The van der Waals surface area contributed by atoms with E-state index >= 15 is 0 Å². The second-order valence-electron chi connectivity index (χ2n) is 8.00. The minimum Gasteiger partial charge on any atom is -0.380 e. The number of anilines is 1. The van der Waals surface area contributed by atoms with E-state index in [9.17, 15) is 4.79 Å². The first-order valence-corrected chi connectivity index (χ1v) is 12.4. The smallest absolute Gasteiger partial charge is 0.222 e. The Bertz CT molecular complexity index is 647. The van der Waals surface area contributed by atoms with Gasteiger partial charge >= 0.3 is 0 Å². The van der Waals surface area contributed by atoms with E-state index in [0.717, 1.165) is 32.4 Å². The quantitative estimate of drug-likeness (QED) is 0.259. The Hall–Kier alpha value is -1.55. The Balaban J connectivity index is 1.46. The van der Waals surface area contributed by atoms with E-state index in [1.165, 1.54) is 66.8 Å². The summed E-state index contributed by atoms with van der Waals surface area (Å²) in [5.41, 5.74) is 1.42. The maximum absolute atomic E-state index is 12.5. The first-order chi connectivity index (χ1) is 14.2. The highest BCUT2D eigenvalue weighted by molar-refractivity contribution is 7.16. The Morgan fingerprint density at radius 1 is 1.07 bits per heavy atom. The lowest BCUT2D eigenvalue weighted by atomic mass is 10.1. The topological polar surface area (TPSA) is 32.3 Å². The number of rotatable bonds is 14. The SMILES string of the molecule is CCCC/C=C\C/C=C\CCCCCCCC(=O)N1CCc2cc(NC)sc2C1. The second kappa shape index (κ2) is 14.4. The number of nitrogens with zero attached hydrogens (tertiary/aromatic N) is 1. The van der Waals surface area contributed by atoms with Crippen molar-refractivity contribution < 1.29 is 4.79 Å². The molecule has 0 fully saturated rings. The number of amides is 1. The highest BCUT2D eigenvalue weighted by Crippen LogP contribution is 2.31. The fourth-order valence-electron chi connectivity index (χ4n) is 3.71. The average Bonchev–Trinajstić information content (AvgIpc) is 3.16. The predicted molar refractivity (Wildman–Crippen MR) is 128 cm³/mol. The Labute approximate surface area is 182 Å². The van der Waals surface area contributed by atoms with Gasteiger partial charge in [-0.05, 0) is 50.2 Å². The van der Waals surface area contributed by atoms with Gasteiger partial charge in [0.1, 0.15) is 0 Å². The van der Waals surface area contributed by atoms with Gasteiger partial charge in [0.2, 0.25) is 5.91 Å². The van der Waals surface area contributed by atoms with Crippen LogP contribution in [0.25, 0.3) is 0 Å². The first kappa shape index (κ1) is 23.7. The minimum atomic E-state index is 0.338. The lowest BCUT2D eigenvalue weighted by Gasteiger charge is -2.26. The Morgan fingerprint density at radius 3 is 2.55 bits per heavy atom. The molecule has 1 aromatic rings. The molecule has 29 heavy (non-hydrogen) atoms. The van der Waals surface area contributed by atoms with Crippen LogP contribution < -0.4 is 5.32 Å². The number of allylic oxidation sites excluding steroid dienone is 4. The fraction of sp³-hybridized carbons (Fsp3) is 0.640. The van der Waals surface area contributed by atoms with Crippen LogP contribution in [0.3, 0.4) is 0 Å². The van der Waals surface area contributed by atoms with Crippen molar-refractivity contribution in [2.24, 2.45) is 0 Å². The zero-order valence-corrected chi connectivity index (χ0v) is 19.4. The highest BCUT2D eigenvalue weighted by atomic mass is 32.1. The van der Waals surface area contributed by atoms with E-state index in [1.54, 1.807) is 11.3 Å². The molecule has 0 saturated heterocycles. The van der Waals surface area contributed by atoms with Gasteiger partial charge in [-0.15, -0.1) is 11.3 Å². The molecule has 0 spiro atoms. The number of thiophene rings is 1. The number of nitrogens with one attached hydrogen (secondary N) is 1. The monoisotopic (exact) mass is 416 g/mol. The number of unbranched alkanes of at least 4 members (excludes halogenated alkanes) is 7. The lowest BCUT2D eigenvalue weighted by Crippen LogP contribution is -2.35. The van der Waals surface area contributed by atoms with Crippen LogP contribution >= 0.6 is 11.3 Å². The van der Waals surface area contributed by atoms with E-state index < -0.39 is 0 Å². The first-order valence-electron chi connectivity index (χ1n) is 11.6. The molecule has 0 aliphatic carbocycles. The number of hydrogen-bond donors (Lipinski definition) is 1. The van der Waals surface area contributed by atoms with Crippen LogP contribution in [0, 0.1) is 0 Å². The van der Waals surface area contributed by atoms with Gasteiger partial charge < -0.3 is 10.2 Å².